The SMILES string of the molecule is C=CCS[S-](=N)=O. The summed E-state index contributed by atoms with van der Waals surface area (Å²) in [7, 11) is -0.418. The van der Waals surface area contributed by atoms with Crippen LogP contribution in [0.5, 0.6) is 0 Å². The molecule has 0 radical (unpaired) electrons. The molecule has 0 rings (SSSR count). The van der Waals surface area contributed by atoms with Crippen molar-refractivity contribution in [1.29, 1.82) is 4.78 Å². The fraction of sp³-hybridized carbons (Fsp3) is 0.333. The summed E-state index contributed by atoms with van der Waals surface area (Å²) >= 11 is 0. The Hall–Kier alpha value is 0.0400. The zero-order chi connectivity index (χ0) is 5.70. The largest absolute Gasteiger partial charge is 0.434 e. The van der Waals surface area contributed by atoms with E-state index in [1.54, 1.807) is 6.08 Å². The minimum Gasteiger partial charge on any atom is -0.434 e. The highest BCUT2D eigenvalue weighted by Crippen LogP contribution is 1.98. The Morgan fingerprint density at radius 2 is 2.57 bits per heavy atom. The van der Waals surface area contributed by atoms with E-state index in [1.165, 1.54) is 0 Å². The number of rotatable bonds is 3. The average molecular weight is 136 g/mol. The molecule has 0 heterocycles. The first-order chi connectivity index (χ1) is 3.27. The zero-order valence-electron chi connectivity index (χ0n) is 3.72. The second-order valence-corrected chi connectivity index (χ2v) is 3.46. The number of hydrogen-bond acceptors (Lipinski definition) is 4. The van der Waals surface area contributed by atoms with E-state index in [1.807, 2.05) is 0 Å². The van der Waals surface area contributed by atoms with Crippen molar-refractivity contribution >= 4 is 20.4 Å². The van der Waals surface area contributed by atoms with Crippen LogP contribution in [0.15, 0.2) is 12.7 Å². The molecule has 0 aliphatic carbocycles. The summed E-state index contributed by atoms with van der Waals surface area (Å²) in [5.41, 5.74) is 0. The van der Waals surface area contributed by atoms with Crippen molar-refractivity contribution in [2.24, 2.45) is 0 Å². The van der Waals surface area contributed by atoms with Gasteiger partial charge < -0.3 is 8.99 Å². The third kappa shape index (κ3) is 6.04. The molecule has 4 heteroatoms. The van der Waals surface area contributed by atoms with Gasteiger partial charge in [0.05, 0.1) is 0 Å². The molecule has 1 N–H and O–H groups in total. The molecule has 0 amide bonds. The van der Waals surface area contributed by atoms with Crippen LogP contribution in [0.1, 0.15) is 0 Å². The molecular weight excluding hydrogens is 130 g/mol. The third-order valence-electron chi connectivity index (χ3n) is 0.293. The van der Waals surface area contributed by atoms with Crippen LogP contribution >= 0.6 is 10.8 Å². The van der Waals surface area contributed by atoms with E-state index in [-0.39, 0.29) is 0 Å². The molecule has 0 saturated carbocycles. The Morgan fingerprint density at radius 3 is 2.71 bits per heavy atom. The Labute approximate surface area is 48.4 Å². The van der Waals surface area contributed by atoms with Gasteiger partial charge in [-0.25, -0.2) is 10.8 Å². The molecule has 0 aliphatic rings. The van der Waals surface area contributed by atoms with Crippen LogP contribution in [-0.4, -0.2) is 5.75 Å². The first-order valence-corrected chi connectivity index (χ1v) is 4.29. The van der Waals surface area contributed by atoms with Gasteiger partial charge in [-0.2, -0.15) is 0 Å². The van der Waals surface area contributed by atoms with E-state index in [2.05, 4.69) is 6.58 Å². The molecule has 0 unspecified atom stereocenters. The molecule has 0 fully saturated rings. The lowest BCUT2D eigenvalue weighted by atomic mass is 10.8. The summed E-state index contributed by atoms with van der Waals surface area (Å²) < 4.78 is 16.4. The first-order valence-electron chi connectivity index (χ1n) is 1.64. The topological polar surface area (TPSA) is 40.9 Å². The molecule has 0 bridgehead atoms. The van der Waals surface area contributed by atoms with Gasteiger partial charge in [-0.05, 0) is 5.75 Å². The number of hydrogen-bond donors (Lipinski definition) is 1. The Morgan fingerprint density at radius 1 is 2.00 bits per heavy atom. The van der Waals surface area contributed by atoms with Crippen LogP contribution in [0.25, 0.3) is 0 Å². The van der Waals surface area contributed by atoms with Crippen LogP contribution in [0.3, 0.4) is 0 Å². The highest BCUT2D eigenvalue weighted by atomic mass is 33.1. The lowest BCUT2D eigenvalue weighted by Gasteiger charge is -1.92. The van der Waals surface area contributed by atoms with E-state index in [9.17, 15) is 4.21 Å². The second kappa shape index (κ2) is 4.21. The van der Waals surface area contributed by atoms with Crippen molar-refractivity contribution in [3.8, 4) is 0 Å². The van der Waals surface area contributed by atoms with Gasteiger partial charge in [-0.15, -0.1) is 16.2 Å². The van der Waals surface area contributed by atoms with Gasteiger partial charge in [0.25, 0.3) is 0 Å². The van der Waals surface area contributed by atoms with Gasteiger partial charge >= 0.3 is 0 Å². The van der Waals surface area contributed by atoms with Crippen LogP contribution < -0.4 is 0 Å². The van der Waals surface area contributed by atoms with Gasteiger partial charge in [-0.1, -0.05) is 6.08 Å². The molecule has 0 aromatic carbocycles. The monoisotopic (exact) mass is 136 g/mol. The predicted molar refractivity (Wildman–Crippen MR) is 33.4 cm³/mol. The molecule has 0 atom stereocenters. The fourth-order valence-electron chi connectivity index (χ4n) is 0.110. The van der Waals surface area contributed by atoms with E-state index >= 15 is 0 Å². The first kappa shape index (κ1) is 7.04. The fourth-order valence-corrected chi connectivity index (χ4v) is 0.989. The van der Waals surface area contributed by atoms with Crippen molar-refractivity contribution in [2.45, 2.75) is 0 Å². The van der Waals surface area contributed by atoms with Crippen LogP contribution in [-0.2, 0) is 13.8 Å². The molecule has 0 saturated heterocycles. The molecule has 0 spiro atoms. The lowest BCUT2D eigenvalue weighted by Crippen LogP contribution is -1.64. The summed E-state index contributed by atoms with van der Waals surface area (Å²) in [6.45, 7) is 3.39. The van der Waals surface area contributed by atoms with Gasteiger partial charge in [0, 0.05) is 0 Å². The highest BCUT2D eigenvalue weighted by Gasteiger charge is 1.63. The third-order valence-corrected chi connectivity index (χ3v) is 1.93. The average Bonchev–Trinajstić information content (AvgIpc) is 1.61. The molecule has 0 aromatic rings. The van der Waals surface area contributed by atoms with Crippen molar-refractivity contribution < 1.29 is 4.21 Å². The van der Waals surface area contributed by atoms with Gasteiger partial charge in [0.15, 0.2) is 0 Å². The maximum Gasteiger partial charge on any atom is -0.00633 e. The van der Waals surface area contributed by atoms with Gasteiger partial charge in [0.1, 0.15) is 0 Å². The summed E-state index contributed by atoms with van der Waals surface area (Å²) in [5, 5.41) is 0. The highest BCUT2D eigenvalue weighted by molar-refractivity contribution is 8.64. The Balaban J connectivity index is 3.14. The van der Waals surface area contributed by atoms with Gasteiger partial charge in [-0.3, -0.25) is 0 Å². The van der Waals surface area contributed by atoms with Crippen LogP contribution in [0.4, 0.5) is 0 Å². The van der Waals surface area contributed by atoms with Crippen molar-refractivity contribution in [3.05, 3.63) is 12.7 Å². The smallest absolute Gasteiger partial charge is 0.00633 e. The molecule has 2 nitrogen and oxygen atoms in total. The summed E-state index contributed by atoms with van der Waals surface area (Å²) in [6.07, 6.45) is 1.62. The maximum atomic E-state index is 9.90. The van der Waals surface area contributed by atoms with Crippen molar-refractivity contribution in [2.75, 3.05) is 5.75 Å². The molecular formula is C3H6NOS2-. The maximum absolute atomic E-state index is 9.90. The minimum absolute atomic E-state index is 0.593. The van der Waals surface area contributed by atoms with Crippen LogP contribution in [0, 0.1) is 4.78 Å². The lowest BCUT2D eigenvalue weighted by molar-refractivity contribution is 0.606. The van der Waals surface area contributed by atoms with E-state index in [4.69, 9.17) is 4.78 Å². The summed E-state index contributed by atoms with van der Waals surface area (Å²) in [4.78, 5) is 0. The molecule has 0 aliphatic heterocycles. The summed E-state index contributed by atoms with van der Waals surface area (Å²) in [6, 6.07) is 0. The van der Waals surface area contributed by atoms with E-state index < -0.39 is 9.63 Å². The quantitative estimate of drug-likeness (QED) is 0.363. The summed E-state index contributed by atoms with van der Waals surface area (Å²) in [5.74, 6) is 0.593. The Bertz CT molecular complexity index is 110. The molecule has 42 valence electrons. The predicted octanol–water partition coefficient (Wildman–Crippen LogP) is 1.55. The van der Waals surface area contributed by atoms with E-state index in [0.29, 0.717) is 5.75 Å². The minimum atomic E-state index is -1.47. The zero-order valence-corrected chi connectivity index (χ0v) is 5.35. The Kier molecular flexibility index (Phi) is 4.23. The molecule has 7 heavy (non-hydrogen) atoms. The van der Waals surface area contributed by atoms with Gasteiger partial charge in [0.2, 0.25) is 0 Å². The van der Waals surface area contributed by atoms with Crippen molar-refractivity contribution in [1.82, 2.24) is 0 Å². The van der Waals surface area contributed by atoms with Crippen molar-refractivity contribution in [3.63, 3.8) is 0 Å². The second-order valence-electron chi connectivity index (χ2n) is 0.808. The number of nitrogens with one attached hydrogen (secondary N) is 1. The molecule has 0 aromatic heterocycles. The van der Waals surface area contributed by atoms with E-state index in [0.717, 1.165) is 10.8 Å². The standard InChI is InChI=1S/C3H6NOS2/c1-2-3-6-7(4)5/h2,4H,1,3H2/q-1. The van der Waals surface area contributed by atoms with Crippen LogP contribution in [0.2, 0.25) is 0 Å². The normalized spacial score (nSPS) is 9.29.